The van der Waals surface area contributed by atoms with Crippen LogP contribution in [0.25, 0.3) is 0 Å². The number of carbonyl (C=O) groups excluding carboxylic acids is 1. The van der Waals surface area contributed by atoms with E-state index in [1.165, 1.54) is 0 Å². The molecule has 1 amide bonds. The van der Waals surface area contributed by atoms with E-state index < -0.39 is 29.0 Å². The second-order valence-corrected chi connectivity index (χ2v) is 7.27. The van der Waals surface area contributed by atoms with Gasteiger partial charge in [-0.25, -0.2) is 13.2 Å². The van der Waals surface area contributed by atoms with Crippen molar-refractivity contribution in [3.8, 4) is 0 Å². The van der Waals surface area contributed by atoms with Crippen LogP contribution in [0.4, 0.5) is 18.9 Å². The first-order valence-electron chi connectivity index (χ1n) is 9.98. The number of rotatable bonds is 7. The number of nitrogens with zero attached hydrogens (tertiary/aromatic N) is 2. The molecule has 0 radical (unpaired) electrons. The Morgan fingerprint density at radius 3 is 2.68 bits per heavy atom. The van der Waals surface area contributed by atoms with Crippen LogP contribution in [0.5, 0.6) is 0 Å². The predicted octanol–water partition coefficient (Wildman–Crippen LogP) is 3.16. The molecule has 3 rings (SSSR count). The summed E-state index contributed by atoms with van der Waals surface area (Å²) < 4.78 is 45.8. The largest absolute Gasteiger partial charge is 0.376 e. The maximum Gasteiger partial charge on any atom is 0.243 e. The van der Waals surface area contributed by atoms with Gasteiger partial charge in [0.25, 0.3) is 0 Å². The van der Waals surface area contributed by atoms with Gasteiger partial charge in [0.15, 0.2) is 23.4 Å². The monoisotopic (exact) mass is 434 g/mol. The Bertz CT molecular complexity index is 924. The average molecular weight is 434 g/mol. The second-order valence-electron chi connectivity index (χ2n) is 7.27. The first-order valence-corrected chi connectivity index (χ1v) is 9.98. The minimum Gasteiger partial charge on any atom is -0.376 e. The first kappa shape index (κ1) is 22.6. The first-order chi connectivity index (χ1) is 15.0. The van der Waals surface area contributed by atoms with Crippen LogP contribution >= 0.6 is 0 Å². The molecule has 1 unspecified atom stereocenters. The summed E-state index contributed by atoms with van der Waals surface area (Å²) in [5, 5.41) is 5.14. The fourth-order valence-corrected chi connectivity index (χ4v) is 3.39. The van der Waals surface area contributed by atoms with Crippen molar-refractivity contribution >= 4 is 17.6 Å². The molecular weight excluding hydrogens is 409 g/mol. The van der Waals surface area contributed by atoms with E-state index in [2.05, 4.69) is 15.6 Å². The lowest BCUT2D eigenvalue weighted by Gasteiger charge is -2.21. The summed E-state index contributed by atoms with van der Waals surface area (Å²) in [5.74, 6) is -4.10. The zero-order valence-corrected chi connectivity index (χ0v) is 17.2. The minimum absolute atomic E-state index is 0.198. The quantitative estimate of drug-likeness (QED) is 0.399. The Labute approximate surface area is 179 Å². The van der Waals surface area contributed by atoms with Gasteiger partial charge >= 0.3 is 0 Å². The van der Waals surface area contributed by atoms with E-state index >= 15 is 0 Å². The fraction of sp³-hybridized carbons (Fsp3) is 0.364. The van der Waals surface area contributed by atoms with E-state index in [1.54, 1.807) is 7.05 Å². The van der Waals surface area contributed by atoms with Gasteiger partial charge in [0.1, 0.15) is 0 Å². The van der Waals surface area contributed by atoms with Gasteiger partial charge in [-0.3, -0.25) is 9.79 Å². The number of benzene rings is 2. The van der Waals surface area contributed by atoms with Crippen molar-refractivity contribution in [1.82, 2.24) is 10.2 Å². The number of halogens is 3. The zero-order valence-electron chi connectivity index (χ0n) is 17.2. The topological polar surface area (TPSA) is 66.0 Å². The number of nitrogens with one attached hydrogen (secondary N) is 2. The van der Waals surface area contributed by atoms with Crippen molar-refractivity contribution in [3.05, 3.63) is 65.5 Å². The molecule has 0 aromatic heterocycles. The molecule has 0 spiro atoms. The molecule has 9 heteroatoms. The van der Waals surface area contributed by atoms with Gasteiger partial charge in [-0.1, -0.05) is 30.3 Å². The summed E-state index contributed by atoms with van der Waals surface area (Å²) in [6.07, 6.45) is 0.932. The molecule has 6 nitrogen and oxygen atoms in total. The molecule has 2 aromatic carbocycles. The van der Waals surface area contributed by atoms with Crippen molar-refractivity contribution in [1.29, 1.82) is 0 Å². The van der Waals surface area contributed by atoms with Gasteiger partial charge in [0.2, 0.25) is 5.91 Å². The van der Waals surface area contributed by atoms with Crippen molar-refractivity contribution in [2.24, 2.45) is 10.9 Å². The minimum atomic E-state index is -1.63. The summed E-state index contributed by atoms with van der Waals surface area (Å²) >= 11 is 0. The highest BCUT2D eigenvalue weighted by atomic mass is 19.2. The number of likely N-dealkylation sites (tertiary alicyclic amines) is 1. The van der Waals surface area contributed by atoms with Crippen LogP contribution in [-0.2, 0) is 16.1 Å². The fourth-order valence-electron chi connectivity index (χ4n) is 3.39. The predicted molar refractivity (Wildman–Crippen MR) is 112 cm³/mol. The molecule has 2 N–H and O–H groups in total. The van der Waals surface area contributed by atoms with Crippen LogP contribution in [0.1, 0.15) is 12.0 Å². The Morgan fingerprint density at radius 2 is 1.94 bits per heavy atom. The number of amides is 1. The summed E-state index contributed by atoms with van der Waals surface area (Å²) in [6, 6.07) is 11.7. The van der Waals surface area contributed by atoms with Gasteiger partial charge in [0, 0.05) is 26.1 Å². The van der Waals surface area contributed by atoms with Crippen LogP contribution in [0.2, 0.25) is 0 Å². The number of hydrogen-bond donors (Lipinski definition) is 2. The van der Waals surface area contributed by atoms with E-state index in [-0.39, 0.29) is 6.54 Å². The average Bonchev–Trinajstić information content (AvgIpc) is 3.24. The molecule has 1 aliphatic heterocycles. The van der Waals surface area contributed by atoms with Crippen LogP contribution in [0.3, 0.4) is 0 Å². The molecule has 0 saturated carbocycles. The molecule has 0 aliphatic carbocycles. The molecule has 166 valence electrons. The highest BCUT2D eigenvalue weighted by molar-refractivity contribution is 5.95. The van der Waals surface area contributed by atoms with Crippen molar-refractivity contribution in [2.45, 2.75) is 13.0 Å². The molecule has 1 saturated heterocycles. The summed E-state index contributed by atoms with van der Waals surface area (Å²) in [7, 11) is 1.61. The van der Waals surface area contributed by atoms with Gasteiger partial charge in [-0.15, -0.1) is 0 Å². The molecule has 31 heavy (non-hydrogen) atoms. The van der Waals surface area contributed by atoms with Crippen molar-refractivity contribution in [2.75, 3.05) is 38.6 Å². The lowest BCUT2D eigenvalue weighted by atomic mass is 10.1. The second kappa shape index (κ2) is 10.8. The molecule has 1 atom stereocenters. The third-order valence-electron chi connectivity index (χ3n) is 4.98. The van der Waals surface area contributed by atoms with Gasteiger partial charge in [-0.2, -0.15) is 0 Å². The summed E-state index contributed by atoms with van der Waals surface area (Å²) in [5.41, 5.74) is 0.704. The van der Waals surface area contributed by atoms with E-state index in [1.807, 2.05) is 35.2 Å². The third-order valence-corrected chi connectivity index (χ3v) is 4.98. The molecule has 1 fully saturated rings. The van der Waals surface area contributed by atoms with E-state index in [9.17, 15) is 18.0 Å². The van der Waals surface area contributed by atoms with Crippen molar-refractivity contribution < 1.29 is 22.7 Å². The lowest BCUT2D eigenvalue weighted by molar-refractivity contribution is -0.115. The lowest BCUT2D eigenvalue weighted by Crippen LogP contribution is -2.43. The molecule has 2 aromatic rings. The summed E-state index contributed by atoms with van der Waals surface area (Å²) in [6.45, 7) is 2.48. The summed E-state index contributed by atoms with van der Waals surface area (Å²) in [4.78, 5) is 18.3. The van der Waals surface area contributed by atoms with Crippen LogP contribution in [-0.4, -0.2) is 50.1 Å². The Hall–Kier alpha value is -3.07. The molecular formula is C22H25F3N4O2. The smallest absolute Gasteiger partial charge is 0.243 e. The van der Waals surface area contributed by atoms with Gasteiger partial charge < -0.3 is 20.3 Å². The van der Waals surface area contributed by atoms with Crippen LogP contribution < -0.4 is 10.6 Å². The Balaban J connectivity index is 1.43. The van der Waals surface area contributed by atoms with Crippen LogP contribution in [0.15, 0.2) is 47.5 Å². The normalized spacial score (nSPS) is 16.5. The maximum absolute atomic E-state index is 13.7. The van der Waals surface area contributed by atoms with Crippen LogP contribution in [0, 0.1) is 23.4 Å². The number of carbonyl (C=O) groups is 1. The molecule has 1 aliphatic rings. The number of ether oxygens (including phenoxy) is 1. The van der Waals surface area contributed by atoms with E-state index in [0.717, 1.165) is 37.2 Å². The van der Waals surface area contributed by atoms with Gasteiger partial charge in [-0.05, 0) is 24.1 Å². The number of guanidine groups is 1. The number of aliphatic imine (C=N–C) groups is 1. The highest BCUT2D eigenvalue weighted by Crippen LogP contribution is 2.20. The van der Waals surface area contributed by atoms with Gasteiger partial charge in [0.05, 0.1) is 25.4 Å². The third kappa shape index (κ3) is 6.21. The van der Waals surface area contributed by atoms with E-state index in [0.29, 0.717) is 25.1 Å². The molecule has 1 heterocycles. The standard InChI is InChI=1S/C22H25F3N4O2/c1-26-22(27-11-19(30)28-18-8-7-17(23)20(24)21(18)25)29-10-9-16(12-29)14-31-13-15-5-3-2-4-6-15/h2-8,16H,9-14H2,1H3,(H,26,27)(H,28,30). The zero-order chi connectivity index (χ0) is 22.2. The number of anilines is 1. The molecule has 0 bridgehead atoms. The maximum atomic E-state index is 13.7. The number of hydrogen-bond acceptors (Lipinski definition) is 3. The Kier molecular flexibility index (Phi) is 7.88. The highest BCUT2D eigenvalue weighted by Gasteiger charge is 2.25. The SMILES string of the molecule is CN=C(NCC(=O)Nc1ccc(F)c(F)c1F)N1CCC(COCc2ccccc2)C1. The van der Waals surface area contributed by atoms with E-state index in [4.69, 9.17) is 4.74 Å². The Morgan fingerprint density at radius 1 is 1.16 bits per heavy atom. The van der Waals surface area contributed by atoms with Crippen molar-refractivity contribution in [3.63, 3.8) is 0 Å².